The van der Waals surface area contributed by atoms with Crippen LogP contribution in [0.1, 0.15) is 38.1 Å². The highest BCUT2D eigenvalue weighted by atomic mass is 35.5. The third-order valence-corrected chi connectivity index (χ3v) is 4.33. The molecule has 1 aromatic rings. The van der Waals surface area contributed by atoms with Crippen LogP contribution in [-0.4, -0.2) is 54.0 Å². The number of carbonyl (C=O) groups excluding carboxylic acids is 1. The van der Waals surface area contributed by atoms with Crippen LogP contribution >= 0.6 is 11.6 Å². The second kappa shape index (κ2) is 10.1. The van der Waals surface area contributed by atoms with Gasteiger partial charge in [0.05, 0.1) is 22.0 Å². The van der Waals surface area contributed by atoms with Crippen LogP contribution in [0.3, 0.4) is 0 Å². The summed E-state index contributed by atoms with van der Waals surface area (Å²) in [7, 11) is 0. The molecule has 1 unspecified atom stereocenters. The average molecular weight is 371 g/mol. The number of hydrogen-bond acceptors (Lipinski definition) is 6. The van der Waals surface area contributed by atoms with E-state index in [1.165, 1.54) is 12.1 Å². The van der Waals surface area contributed by atoms with Crippen molar-refractivity contribution < 1.29 is 14.7 Å². The van der Waals surface area contributed by atoms with Crippen molar-refractivity contribution in [1.29, 1.82) is 0 Å². The topological polar surface area (TPSA) is 100 Å². The zero-order valence-electron chi connectivity index (χ0n) is 15.2. The Kier molecular flexibility index (Phi) is 8.51. The van der Waals surface area contributed by atoms with Crippen LogP contribution in [0, 0.1) is 0 Å². The van der Waals surface area contributed by atoms with Gasteiger partial charge in [0, 0.05) is 19.2 Å². The fourth-order valence-corrected chi connectivity index (χ4v) is 2.33. The normalized spacial score (nSPS) is 13.0. The van der Waals surface area contributed by atoms with Gasteiger partial charge in [0.15, 0.2) is 0 Å². The van der Waals surface area contributed by atoms with Crippen molar-refractivity contribution in [2.24, 2.45) is 5.16 Å². The number of oxime groups is 1. The molecule has 0 fully saturated rings. The molecule has 1 rings (SSSR count). The zero-order valence-corrected chi connectivity index (χ0v) is 15.9. The lowest BCUT2D eigenvalue weighted by atomic mass is 10.1. The van der Waals surface area contributed by atoms with Gasteiger partial charge in [0.25, 0.3) is 5.91 Å². The minimum absolute atomic E-state index is 0.279. The number of nitrogens with zero attached hydrogens (tertiary/aromatic N) is 2. The number of ether oxygens (including phenoxy) is 1. The van der Waals surface area contributed by atoms with E-state index in [0.717, 1.165) is 19.6 Å². The first-order chi connectivity index (χ1) is 11.8. The molecule has 0 bridgehead atoms. The lowest BCUT2D eigenvalue weighted by Crippen LogP contribution is -2.35. The Bertz CT molecular complexity index is 618. The Balaban J connectivity index is 2.92. The van der Waals surface area contributed by atoms with E-state index in [9.17, 15) is 4.79 Å². The van der Waals surface area contributed by atoms with Crippen molar-refractivity contribution in [1.82, 2.24) is 10.2 Å². The molecular weight excluding hydrogens is 344 g/mol. The summed E-state index contributed by atoms with van der Waals surface area (Å²) in [5.41, 5.74) is 6.79. The van der Waals surface area contributed by atoms with Crippen molar-refractivity contribution in [3.63, 3.8) is 0 Å². The van der Waals surface area contributed by atoms with Gasteiger partial charge in [-0.15, -0.1) is 0 Å². The Morgan fingerprint density at radius 3 is 2.64 bits per heavy atom. The van der Waals surface area contributed by atoms with E-state index in [2.05, 4.69) is 29.2 Å². The van der Waals surface area contributed by atoms with Crippen LogP contribution in [0.15, 0.2) is 17.3 Å². The van der Waals surface area contributed by atoms with Gasteiger partial charge in [0.1, 0.15) is 11.9 Å². The Labute approximate surface area is 153 Å². The maximum absolute atomic E-state index is 12.5. The molecule has 0 saturated heterocycles. The molecule has 0 heterocycles. The number of nitrogens with two attached hydrogens (primary N) is 1. The monoisotopic (exact) mass is 370 g/mol. The SMILES string of the molecule is CCN(CC)CCNC(=O)c1cc(Cl)c(N)cc1OC(C)/C(C)=N/O. The average Bonchev–Trinajstić information content (AvgIpc) is 2.60. The van der Waals surface area contributed by atoms with Gasteiger partial charge in [-0.05, 0) is 33.0 Å². The molecule has 4 N–H and O–H groups in total. The van der Waals surface area contributed by atoms with Gasteiger partial charge in [0.2, 0.25) is 0 Å². The van der Waals surface area contributed by atoms with Crippen LogP contribution in [0.2, 0.25) is 5.02 Å². The van der Waals surface area contributed by atoms with Gasteiger partial charge >= 0.3 is 0 Å². The molecule has 0 aliphatic heterocycles. The summed E-state index contributed by atoms with van der Waals surface area (Å²) >= 11 is 6.05. The quantitative estimate of drug-likeness (QED) is 0.268. The van der Waals surface area contributed by atoms with Crippen LogP contribution in [-0.2, 0) is 0 Å². The van der Waals surface area contributed by atoms with Gasteiger partial charge in [-0.25, -0.2) is 0 Å². The molecule has 0 aliphatic carbocycles. The molecule has 140 valence electrons. The molecule has 25 heavy (non-hydrogen) atoms. The summed E-state index contributed by atoms with van der Waals surface area (Å²) in [6.45, 7) is 10.6. The second-order valence-electron chi connectivity index (χ2n) is 5.65. The van der Waals surface area contributed by atoms with E-state index in [-0.39, 0.29) is 22.2 Å². The first-order valence-electron chi connectivity index (χ1n) is 8.28. The lowest BCUT2D eigenvalue weighted by molar-refractivity contribution is 0.0944. The van der Waals surface area contributed by atoms with Gasteiger partial charge < -0.3 is 25.9 Å². The van der Waals surface area contributed by atoms with Crippen molar-refractivity contribution in [3.8, 4) is 5.75 Å². The van der Waals surface area contributed by atoms with Crippen molar-refractivity contribution in [2.45, 2.75) is 33.8 Å². The predicted molar refractivity (Wildman–Crippen MR) is 101 cm³/mol. The predicted octanol–water partition coefficient (Wildman–Crippen LogP) is 2.61. The molecule has 0 aliphatic rings. The van der Waals surface area contributed by atoms with E-state index < -0.39 is 6.10 Å². The Morgan fingerprint density at radius 2 is 2.08 bits per heavy atom. The third-order valence-electron chi connectivity index (χ3n) is 4.00. The molecule has 1 amide bonds. The van der Waals surface area contributed by atoms with E-state index in [0.29, 0.717) is 17.9 Å². The van der Waals surface area contributed by atoms with Crippen molar-refractivity contribution in [3.05, 3.63) is 22.7 Å². The minimum atomic E-state index is -0.521. The number of benzene rings is 1. The van der Waals surface area contributed by atoms with Crippen molar-refractivity contribution in [2.75, 3.05) is 31.9 Å². The number of likely N-dealkylation sites (N-methyl/N-ethyl adjacent to an activating group) is 1. The molecule has 0 spiro atoms. The van der Waals surface area contributed by atoms with E-state index in [4.69, 9.17) is 27.3 Å². The number of nitrogen functional groups attached to an aromatic ring is 1. The Morgan fingerprint density at radius 1 is 1.44 bits per heavy atom. The summed E-state index contributed by atoms with van der Waals surface area (Å²) in [5, 5.41) is 15.1. The zero-order chi connectivity index (χ0) is 19.0. The smallest absolute Gasteiger partial charge is 0.255 e. The third kappa shape index (κ3) is 6.10. The molecule has 0 aromatic heterocycles. The Hall–Kier alpha value is -1.99. The fraction of sp³-hybridized carbons (Fsp3) is 0.529. The number of amides is 1. The molecule has 0 radical (unpaired) electrons. The number of rotatable bonds is 9. The molecule has 8 heteroatoms. The fourth-order valence-electron chi connectivity index (χ4n) is 2.16. The highest BCUT2D eigenvalue weighted by molar-refractivity contribution is 6.33. The van der Waals surface area contributed by atoms with E-state index in [1.54, 1.807) is 13.8 Å². The maximum Gasteiger partial charge on any atom is 0.255 e. The highest BCUT2D eigenvalue weighted by Gasteiger charge is 2.18. The standard InChI is InChI=1S/C17H27ClN4O3/c1-5-22(6-2)8-7-20-17(23)13-9-14(18)15(19)10-16(13)25-12(4)11(3)21-24/h9-10,12,24H,5-8,19H2,1-4H3,(H,20,23)/b21-11+. The number of hydrogen-bond donors (Lipinski definition) is 3. The first kappa shape index (κ1) is 21.1. The number of anilines is 1. The van der Waals surface area contributed by atoms with E-state index >= 15 is 0 Å². The van der Waals surface area contributed by atoms with Gasteiger partial charge in [-0.3, -0.25) is 4.79 Å². The number of halogens is 1. The summed E-state index contributed by atoms with van der Waals surface area (Å²) in [6, 6.07) is 2.99. The van der Waals surface area contributed by atoms with Crippen LogP contribution in [0.25, 0.3) is 0 Å². The highest BCUT2D eigenvalue weighted by Crippen LogP contribution is 2.29. The van der Waals surface area contributed by atoms with Crippen LogP contribution < -0.4 is 15.8 Å². The summed E-state index contributed by atoms with van der Waals surface area (Å²) < 4.78 is 5.72. The molecule has 1 atom stereocenters. The maximum atomic E-state index is 12.5. The van der Waals surface area contributed by atoms with Gasteiger partial charge in [-0.2, -0.15) is 0 Å². The summed E-state index contributed by atoms with van der Waals surface area (Å²) in [5.74, 6) is -0.00687. The van der Waals surface area contributed by atoms with Crippen molar-refractivity contribution >= 4 is 28.9 Å². The number of carbonyl (C=O) groups is 1. The van der Waals surface area contributed by atoms with Gasteiger partial charge in [-0.1, -0.05) is 30.6 Å². The van der Waals surface area contributed by atoms with Crippen LogP contribution in [0.4, 0.5) is 5.69 Å². The second-order valence-corrected chi connectivity index (χ2v) is 6.06. The van der Waals surface area contributed by atoms with Crippen LogP contribution in [0.5, 0.6) is 5.75 Å². The summed E-state index contributed by atoms with van der Waals surface area (Å²) in [4.78, 5) is 14.7. The number of nitrogens with one attached hydrogen (secondary N) is 1. The lowest BCUT2D eigenvalue weighted by Gasteiger charge is -2.19. The summed E-state index contributed by atoms with van der Waals surface area (Å²) in [6.07, 6.45) is -0.521. The largest absolute Gasteiger partial charge is 0.484 e. The van der Waals surface area contributed by atoms with E-state index in [1.807, 2.05) is 0 Å². The first-order valence-corrected chi connectivity index (χ1v) is 8.66. The molecule has 1 aromatic carbocycles. The minimum Gasteiger partial charge on any atom is -0.484 e. The molecular formula is C17H27ClN4O3. The molecule has 0 saturated carbocycles. The molecule has 7 nitrogen and oxygen atoms in total.